The Bertz CT molecular complexity index is 583. The summed E-state index contributed by atoms with van der Waals surface area (Å²) in [6, 6.07) is 6.23. The molecule has 6 heteroatoms. The minimum atomic E-state index is 0.554. The average Bonchev–Trinajstić information content (AvgIpc) is 3.12. The van der Waals surface area contributed by atoms with Crippen LogP contribution >= 0.6 is 22.9 Å². The van der Waals surface area contributed by atoms with Gasteiger partial charge in [-0.1, -0.05) is 34.1 Å². The second kappa shape index (κ2) is 5.45. The number of rotatable bonds is 5. The zero-order valence-electron chi connectivity index (χ0n) is 10.5. The van der Waals surface area contributed by atoms with E-state index >= 15 is 0 Å². The third-order valence-electron chi connectivity index (χ3n) is 2.92. The molecule has 3 rings (SSSR count). The van der Waals surface area contributed by atoms with E-state index in [1.807, 2.05) is 19.1 Å². The van der Waals surface area contributed by atoms with E-state index in [2.05, 4.69) is 15.5 Å². The molecule has 0 atom stereocenters. The van der Waals surface area contributed by atoms with Crippen molar-refractivity contribution in [3.05, 3.63) is 33.8 Å². The largest absolute Gasteiger partial charge is 0.429 e. The van der Waals surface area contributed by atoms with E-state index in [0.29, 0.717) is 16.3 Å². The molecular weight excluding hydrogens is 282 g/mol. The Morgan fingerprint density at radius 2 is 2.26 bits per heavy atom. The second-order valence-corrected chi connectivity index (χ2v) is 6.09. The molecule has 100 valence electrons. The van der Waals surface area contributed by atoms with Gasteiger partial charge in [-0.15, -0.1) is 5.10 Å². The van der Waals surface area contributed by atoms with E-state index in [0.717, 1.165) is 22.9 Å². The zero-order valence-corrected chi connectivity index (χ0v) is 12.1. The van der Waals surface area contributed by atoms with Crippen molar-refractivity contribution < 1.29 is 4.74 Å². The van der Waals surface area contributed by atoms with E-state index < -0.39 is 0 Å². The molecule has 1 aliphatic rings. The lowest BCUT2D eigenvalue weighted by molar-refractivity contribution is 0.469. The Hall–Kier alpha value is -1.17. The summed E-state index contributed by atoms with van der Waals surface area (Å²) in [6.07, 6.45) is 2.54. The van der Waals surface area contributed by atoms with Crippen LogP contribution in [0.5, 0.6) is 10.9 Å². The molecule has 4 nitrogen and oxygen atoms in total. The van der Waals surface area contributed by atoms with Crippen LogP contribution in [0.1, 0.15) is 23.4 Å². The van der Waals surface area contributed by atoms with Gasteiger partial charge >= 0.3 is 0 Å². The summed E-state index contributed by atoms with van der Waals surface area (Å²) in [5, 5.41) is 13.7. The van der Waals surface area contributed by atoms with Crippen LogP contribution in [0.15, 0.2) is 18.2 Å². The van der Waals surface area contributed by atoms with Gasteiger partial charge in [0.2, 0.25) is 0 Å². The molecule has 1 fully saturated rings. The Morgan fingerprint density at radius 1 is 1.42 bits per heavy atom. The topological polar surface area (TPSA) is 47.0 Å². The Morgan fingerprint density at radius 3 is 3.05 bits per heavy atom. The van der Waals surface area contributed by atoms with Crippen molar-refractivity contribution in [3.8, 4) is 10.9 Å². The van der Waals surface area contributed by atoms with Crippen LogP contribution in [-0.4, -0.2) is 16.2 Å². The van der Waals surface area contributed by atoms with Gasteiger partial charge in [0, 0.05) is 11.1 Å². The Kier molecular flexibility index (Phi) is 3.68. The number of nitrogens with one attached hydrogen (secondary N) is 1. The number of aryl methyl sites for hydroxylation is 1. The third kappa shape index (κ3) is 3.43. The molecule has 1 aromatic heterocycles. The van der Waals surface area contributed by atoms with E-state index in [4.69, 9.17) is 16.3 Å². The molecule has 0 aliphatic heterocycles. The predicted molar refractivity (Wildman–Crippen MR) is 76.0 cm³/mol. The molecule has 0 unspecified atom stereocenters. The number of halogens is 1. The molecule has 1 N–H and O–H groups in total. The molecule has 0 bridgehead atoms. The van der Waals surface area contributed by atoms with Crippen LogP contribution in [0.25, 0.3) is 0 Å². The highest BCUT2D eigenvalue weighted by atomic mass is 35.5. The summed E-state index contributed by atoms with van der Waals surface area (Å²) in [7, 11) is 0. The standard InChI is InChI=1S/C13H14ClN3OS/c1-8-2-3-9(14)6-11(8)18-13-17-16-12(19-13)7-15-10-4-5-10/h2-3,6,10,15H,4-5,7H2,1H3. The smallest absolute Gasteiger partial charge is 0.299 e. The highest BCUT2D eigenvalue weighted by Crippen LogP contribution is 2.30. The van der Waals surface area contributed by atoms with Crippen LogP contribution in [0.4, 0.5) is 0 Å². The number of aromatic nitrogens is 2. The maximum Gasteiger partial charge on any atom is 0.299 e. The van der Waals surface area contributed by atoms with Gasteiger partial charge in [-0.05, 0) is 37.5 Å². The van der Waals surface area contributed by atoms with Crippen LogP contribution in [0, 0.1) is 6.92 Å². The number of ether oxygens (including phenoxy) is 1. The molecular formula is C13H14ClN3OS. The monoisotopic (exact) mass is 295 g/mol. The molecule has 19 heavy (non-hydrogen) atoms. The molecule has 0 amide bonds. The fourth-order valence-electron chi connectivity index (χ4n) is 1.65. The number of hydrogen-bond acceptors (Lipinski definition) is 5. The van der Waals surface area contributed by atoms with E-state index in [1.165, 1.54) is 24.2 Å². The molecule has 1 heterocycles. The molecule has 0 spiro atoms. The Balaban J connectivity index is 1.66. The van der Waals surface area contributed by atoms with Gasteiger partial charge in [0.15, 0.2) is 0 Å². The third-order valence-corrected chi connectivity index (χ3v) is 3.95. The van der Waals surface area contributed by atoms with Crippen molar-refractivity contribution in [1.82, 2.24) is 15.5 Å². The minimum absolute atomic E-state index is 0.554. The molecule has 1 aliphatic carbocycles. The van der Waals surface area contributed by atoms with Crippen molar-refractivity contribution in [2.75, 3.05) is 0 Å². The Labute approximate surface area is 120 Å². The van der Waals surface area contributed by atoms with Gasteiger partial charge in [0.1, 0.15) is 10.8 Å². The van der Waals surface area contributed by atoms with Crippen LogP contribution < -0.4 is 10.1 Å². The molecule has 0 saturated heterocycles. The second-order valence-electron chi connectivity index (χ2n) is 4.63. The van der Waals surface area contributed by atoms with Crippen LogP contribution in [-0.2, 0) is 6.54 Å². The number of benzene rings is 1. The van der Waals surface area contributed by atoms with Gasteiger partial charge in [-0.25, -0.2) is 0 Å². The molecule has 1 saturated carbocycles. The van der Waals surface area contributed by atoms with Gasteiger partial charge in [0.25, 0.3) is 5.19 Å². The van der Waals surface area contributed by atoms with E-state index in [9.17, 15) is 0 Å². The molecule has 1 aromatic carbocycles. The average molecular weight is 296 g/mol. The summed E-state index contributed by atoms with van der Waals surface area (Å²) < 4.78 is 5.73. The van der Waals surface area contributed by atoms with Gasteiger partial charge in [0.05, 0.1) is 6.54 Å². The number of hydrogen-bond donors (Lipinski definition) is 1. The predicted octanol–water partition coefficient (Wildman–Crippen LogP) is 3.54. The zero-order chi connectivity index (χ0) is 13.2. The lowest BCUT2D eigenvalue weighted by atomic mass is 10.2. The van der Waals surface area contributed by atoms with Crippen molar-refractivity contribution in [1.29, 1.82) is 0 Å². The number of nitrogens with zero attached hydrogens (tertiary/aromatic N) is 2. The lowest BCUT2D eigenvalue weighted by Crippen LogP contribution is -2.14. The van der Waals surface area contributed by atoms with Crippen molar-refractivity contribution in [2.45, 2.75) is 32.4 Å². The normalized spacial score (nSPS) is 14.6. The summed E-state index contributed by atoms with van der Waals surface area (Å²) in [5.74, 6) is 0.727. The first-order chi connectivity index (χ1) is 9.20. The fraction of sp³-hybridized carbons (Fsp3) is 0.385. The first-order valence-corrected chi connectivity index (χ1v) is 7.40. The van der Waals surface area contributed by atoms with Crippen LogP contribution in [0.2, 0.25) is 5.02 Å². The quantitative estimate of drug-likeness (QED) is 0.916. The summed E-state index contributed by atoms with van der Waals surface area (Å²) in [6.45, 7) is 2.74. The lowest BCUT2D eigenvalue weighted by Gasteiger charge is -2.04. The first-order valence-electron chi connectivity index (χ1n) is 6.20. The van der Waals surface area contributed by atoms with Crippen LogP contribution in [0.3, 0.4) is 0 Å². The molecule has 2 aromatic rings. The maximum atomic E-state index is 5.96. The van der Waals surface area contributed by atoms with Gasteiger partial charge in [-0.3, -0.25) is 0 Å². The summed E-state index contributed by atoms with van der Waals surface area (Å²) in [5.41, 5.74) is 1.03. The summed E-state index contributed by atoms with van der Waals surface area (Å²) >= 11 is 7.42. The maximum absolute atomic E-state index is 5.96. The fourth-order valence-corrected chi connectivity index (χ4v) is 2.46. The first kappa shape index (κ1) is 12.8. The van der Waals surface area contributed by atoms with Crippen molar-refractivity contribution in [3.63, 3.8) is 0 Å². The van der Waals surface area contributed by atoms with E-state index in [-0.39, 0.29) is 0 Å². The minimum Gasteiger partial charge on any atom is -0.429 e. The SMILES string of the molecule is Cc1ccc(Cl)cc1Oc1nnc(CNC2CC2)s1. The highest BCUT2D eigenvalue weighted by molar-refractivity contribution is 7.13. The van der Waals surface area contributed by atoms with Crippen molar-refractivity contribution >= 4 is 22.9 Å². The molecule has 0 radical (unpaired) electrons. The van der Waals surface area contributed by atoms with Gasteiger partial charge in [-0.2, -0.15) is 0 Å². The highest BCUT2D eigenvalue weighted by Gasteiger charge is 2.20. The van der Waals surface area contributed by atoms with E-state index in [1.54, 1.807) is 6.07 Å². The summed E-state index contributed by atoms with van der Waals surface area (Å²) in [4.78, 5) is 0. The van der Waals surface area contributed by atoms with Gasteiger partial charge < -0.3 is 10.1 Å². The van der Waals surface area contributed by atoms with Crippen molar-refractivity contribution in [2.24, 2.45) is 0 Å².